The molecule has 1 saturated heterocycles. The summed E-state index contributed by atoms with van der Waals surface area (Å²) >= 11 is 0. The molecule has 5 nitrogen and oxygen atoms in total. The number of nitrogens with zero attached hydrogens (tertiary/aromatic N) is 3. The summed E-state index contributed by atoms with van der Waals surface area (Å²) in [4.78, 5) is 13.2. The van der Waals surface area contributed by atoms with E-state index in [1.54, 1.807) is 7.11 Å². The normalized spacial score (nSPS) is 25.0. The van der Waals surface area contributed by atoms with Crippen LogP contribution in [0.5, 0.6) is 5.75 Å². The van der Waals surface area contributed by atoms with Crippen LogP contribution in [0.2, 0.25) is 0 Å². The van der Waals surface area contributed by atoms with Gasteiger partial charge in [-0.25, -0.2) is 4.98 Å². The van der Waals surface area contributed by atoms with Crippen molar-refractivity contribution >= 4 is 5.69 Å². The van der Waals surface area contributed by atoms with Crippen LogP contribution in [0, 0.1) is 0 Å². The summed E-state index contributed by atoms with van der Waals surface area (Å²) in [5.74, 6) is 2.71. The molecule has 0 radical (unpaired) electrons. The van der Waals surface area contributed by atoms with Gasteiger partial charge < -0.3 is 14.6 Å². The van der Waals surface area contributed by atoms with E-state index < -0.39 is 0 Å². The highest BCUT2D eigenvalue weighted by Crippen LogP contribution is 2.35. The Morgan fingerprint density at radius 1 is 1.04 bits per heavy atom. The van der Waals surface area contributed by atoms with Gasteiger partial charge in [-0.3, -0.25) is 4.90 Å². The van der Waals surface area contributed by atoms with E-state index in [2.05, 4.69) is 38.0 Å². The molecule has 0 spiro atoms. The highest BCUT2D eigenvalue weighted by molar-refractivity contribution is 5.58. The molecule has 2 atom stereocenters. The Kier molecular flexibility index (Phi) is 5.44. The van der Waals surface area contributed by atoms with Gasteiger partial charge in [0.05, 0.1) is 12.8 Å². The Hall–Kier alpha value is -2.01. The quantitative estimate of drug-likeness (QED) is 0.851. The summed E-state index contributed by atoms with van der Waals surface area (Å²) in [7, 11) is 1.76. The van der Waals surface area contributed by atoms with Gasteiger partial charge in [-0.05, 0) is 25.0 Å². The highest BCUT2D eigenvalue weighted by atomic mass is 16.5. The fourth-order valence-corrected chi connectivity index (χ4v) is 4.71. The van der Waals surface area contributed by atoms with Crippen molar-refractivity contribution in [3.63, 3.8) is 0 Å². The molecule has 0 amide bonds. The van der Waals surface area contributed by atoms with E-state index in [0.717, 1.165) is 31.9 Å². The lowest BCUT2D eigenvalue weighted by atomic mass is 9.92. The van der Waals surface area contributed by atoms with Crippen molar-refractivity contribution in [2.45, 2.75) is 44.1 Å². The minimum Gasteiger partial charge on any atom is -0.495 e. The molecule has 2 aromatic rings. The number of nitrogens with one attached hydrogen (secondary N) is 1. The molecule has 1 aliphatic carbocycles. The van der Waals surface area contributed by atoms with Crippen molar-refractivity contribution in [3.05, 3.63) is 42.5 Å². The van der Waals surface area contributed by atoms with Crippen LogP contribution >= 0.6 is 0 Å². The minimum atomic E-state index is 0.547. The maximum absolute atomic E-state index is 5.56. The van der Waals surface area contributed by atoms with Gasteiger partial charge in [-0.2, -0.15) is 0 Å². The molecular weight excluding hydrogens is 324 g/mol. The number of hydrogen-bond acceptors (Lipinski definition) is 4. The molecule has 1 saturated carbocycles. The van der Waals surface area contributed by atoms with Crippen molar-refractivity contribution in [2.75, 3.05) is 38.2 Å². The van der Waals surface area contributed by atoms with Crippen LogP contribution in [0.4, 0.5) is 5.69 Å². The number of para-hydroxylation sites is 2. The van der Waals surface area contributed by atoms with Crippen molar-refractivity contribution in [1.29, 1.82) is 0 Å². The third kappa shape index (κ3) is 3.58. The lowest BCUT2D eigenvalue weighted by Gasteiger charge is -2.42. The lowest BCUT2D eigenvalue weighted by Crippen LogP contribution is -2.52. The first-order valence-corrected chi connectivity index (χ1v) is 9.98. The number of piperazine rings is 1. The Morgan fingerprint density at radius 2 is 1.85 bits per heavy atom. The first-order chi connectivity index (χ1) is 12.9. The Balaban J connectivity index is 1.46. The highest BCUT2D eigenvalue weighted by Gasteiger charge is 2.33. The molecule has 4 rings (SSSR count). The van der Waals surface area contributed by atoms with Crippen LogP contribution < -0.4 is 9.64 Å². The Labute approximate surface area is 156 Å². The molecule has 2 fully saturated rings. The van der Waals surface area contributed by atoms with Crippen LogP contribution in [-0.2, 0) is 0 Å². The van der Waals surface area contributed by atoms with Crippen molar-refractivity contribution in [3.8, 4) is 5.75 Å². The predicted octanol–water partition coefficient (Wildman–Crippen LogP) is 3.66. The van der Waals surface area contributed by atoms with Gasteiger partial charge >= 0.3 is 0 Å². The van der Waals surface area contributed by atoms with Crippen LogP contribution in [0.3, 0.4) is 0 Å². The molecular formula is C21H30N4O. The van der Waals surface area contributed by atoms with E-state index >= 15 is 0 Å². The zero-order chi connectivity index (χ0) is 17.8. The number of methoxy groups -OCH3 is 1. The molecule has 1 aromatic heterocycles. The van der Waals surface area contributed by atoms with Crippen molar-refractivity contribution in [2.24, 2.45) is 0 Å². The number of anilines is 1. The first-order valence-electron chi connectivity index (χ1n) is 9.98. The monoisotopic (exact) mass is 354 g/mol. The average Bonchev–Trinajstić information content (AvgIpc) is 3.12. The largest absolute Gasteiger partial charge is 0.495 e. The maximum Gasteiger partial charge on any atom is 0.142 e. The predicted molar refractivity (Wildman–Crippen MR) is 105 cm³/mol. The number of H-pyrrole nitrogens is 1. The summed E-state index contributed by atoms with van der Waals surface area (Å²) < 4.78 is 5.56. The standard InChI is InChI=1S/C21H30N4O/c1-26-20-10-6-5-9-19(20)25-15-13-24(14-16-25)18-8-4-2-3-7-17(18)21-22-11-12-23-21/h5-6,9-12,17-18H,2-4,7-8,13-16H2,1H3,(H,22,23). The number of aromatic nitrogens is 2. The van der Waals surface area contributed by atoms with Gasteiger partial charge in [-0.15, -0.1) is 0 Å². The molecule has 26 heavy (non-hydrogen) atoms. The number of rotatable bonds is 4. The Morgan fingerprint density at radius 3 is 2.62 bits per heavy atom. The van der Waals surface area contributed by atoms with Gasteiger partial charge in [0.1, 0.15) is 11.6 Å². The number of aromatic amines is 1. The second-order valence-electron chi connectivity index (χ2n) is 7.48. The molecule has 2 heterocycles. The van der Waals surface area contributed by atoms with Gasteiger partial charge in [0.2, 0.25) is 0 Å². The molecule has 140 valence electrons. The Bertz CT molecular complexity index is 679. The topological polar surface area (TPSA) is 44.4 Å². The zero-order valence-corrected chi connectivity index (χ0v) is 15.7. The number of hydrogen-bond donors (Lipinski definition) is 1. The van der Waals surface area contributed by atoms with E-state index in [1.165, 1.54) is 43.6 Å². The smallest absolute Gasteiger partial charge is 0.142 e. The second-order valence-corrected chi connectivity index (χ2v) is 7.48. The number of imidazole rings is 1. The first kappa shape index (κ1) is 17.4. The summed E-state index contributed by atoms with van der Waals surface area (Å²) in [5.41, 5.74) is 1.22. The molecule has 1 aromatic carbocycles. The van der Waals surface area contributed by atoms with Crippen LogP contribution in [0.1, 0.15) is 43.8 Å². The molecule has 0 bridgehead atoms. The molecule has 2 unspecified atom stereocenters. The van der Waals surface area contributed by atoms with Crippen LogP contribution in [0.15, 0.2) is 36.7 Å². The maximum atomic E-state index is 5.56. The van der Waals surface area contributed by atoms with E-state index in [9.17, 15) is 0 Å². The second kappa shape index (κ2) is 8.12. The van der Waals surface area contributed by atoms with Gasteiger partial charge in [0.25, 0.3) is 0 Å². The van der Waals surface area contributed by atoms with Crippen LogP contribution in [-0.4, -0.2) is 54.2 Å². The number of ether oxygens (including phenoxy) is 1. The van der Waals surface area contributed by atoms with E-state index in [-0.39, 0.29) is 0 Å². The minimum absolute atomic E-state index is 0.547. The molecule has 1 N–H and O–H groups in total. The zero-order valence-electron chi connectivity index (χ0n) is 15.7. The summed E-state index contributed by atoms with van der Waals surface area (Å²) in [5, 5.41) is 0. The molecule has 2 aliphatic rings. The van der Waals surface area contributed by atoms with Crippen molar-refractivity contribution in [1.82, 2.24) is 14.9 Å². The summed E-state index contributed by atoms with van der Waals surface area (Å²) in [6.07, 6.45) is 10.4. The van der Waals surface area contributed by atoms with Gasteiger partial charge in [0, 0.05) is 50.5 Å². The van der Waals surface area contributed by atoms with E-state index in [4.69, 9.17) is 4.74 Å². The molecule has 1 aliphatic heterocycles. The lowest BCUT2D eigenvalue weighted by molar-refractivity contribution is 0.149. The fraction of sp³-hybridized carbons (Fsp3) is 0.571. The number of benzene rings is 1. The summed E-state index contributed by atoms with van der Waals surface area (Å²) in [6.45, 7) is 4.34. The molecule has 5 heteroatoms. The van der Waals surface area contributed by atoms with Crippen molar-refractivity contribution < 1.29 is 4.74 Å². The van der Waals surface area contributed by atoms with Crippen LogP contribution in [0.25, 0.3) is 0 Å². The summed E-state index contributed by atoms with van der Waals surface area (Å²) in [6, 6.07) is 8.98. The average molecular weight is 354 g/mol. The van der Waals surface area contributed by atoms with Gasteiger partial charge in [0.15, 0.2) is 0 Å². The van der Waals surface area contributed by atoms with E-state index in [0.29, 0.717) is 12.0 Å². The third-order valence-corrected chi connectivity index (χ3v) is 6.06. The third-order valence-electron chi connectivity index (χ3n) is 6.06. The van der Waals surface area contributed by atoms with E-state index in [1.807, 2.05) is 18.5 Å². The van der Waals surface area contributed by atoms with Gasteiger partial charge in [-0.1, -0.05) is 31.4 Å². The fourth-order valence-electron chi connectivity index (χ4n) is 4.71. The SMILES string of the molecule is COc1ccccc1N1CCN(C2CCCCCC2c2ncc[nH]2)CC1.